The van der Waals surface area contributed by atoms with E-state index in [1.165, 1.54) is 13.8 Å². The number of ether oxygens (including phenoxy) is 1. The van der Waals surface area contributed by atoms with Crippen molar-refractivity contribution >= 4 is 38.8 Å². The molecule has 8 heteroatoms. The number of rotatable bonds is 2. The Hall–Kier alpha value is -1.28. The standard InChI is InChI=1S/C19H23BrFN3O2S/c1-18(2,21)16(25)23-11-4-6-15-13(8-11)19(9-27-17(22)24-19)12-7-10(20)3-5-14(12)26-15/h3,5,7,11,13,15H,4,6,8-9H2,1-2H3,(H2,22,24)(H,23,25). The van der Waals surface area contributed by atoms with Gasteiger partial charge >= 0.3 is 0 Å². The van der Waals surface area contributed by atoms with Gasteiger partial charge in [-0.05, 0) is 51.3 Å². The van der Waals surface area contributed by atoms with Crippen LogP contribution in [0.2, 0.25) is 0 Å². The Bertz CT molecular complexity index is 813. The number of hydrogen-bond acceptors (Lipinski definition) is 5. The number of carbonyl (C=O) groups is 1. The predicted molar refractivity (Wildman–Crippen MR) is 109 cm³/mol. The lowest BCUT2D eigenvalue weighted by atomic mass is 9.67. The molecule has 1 aromatic rings. The third-order valence-electron chi connectivity index (χ3n) is 5.71. The number of fused-ring (bicyclic) bond motifs is 4. The zero-order valence-electron chi connectivity index (χ0n) is 15.3. The van der Waals surface area contributed by atoms with E-state index in [4.69, 9.17) is 15.5 Å². The Morgan fingerprint density at radius 3 is 2.93 bits per heavy atom. The van der Waals surface area contributed by atoms with Crippen molar-refractivity contribution in [1.82, 2.24) is 5.32 Å². The van der Waals surface area contributed by atoms with Gasteiger partial charge < -0.3 is 15.8 Å². The molecule has 1 fully saturated rings. The molecule has 4 unspecified atom stereocenters. The summed E-state index contributed by atoms with van der Waals surface area (Å²) in [5, 5.41) is 3.46. The predicted octanol–water partition coefficient (Wildman–Crippen LogP) is 3.50. The van der Waals surface area contributed by atoms with Crippen molar-refractivity contribution in [2.24, 2.45) is 16.6 Å². The van der Waals surface area contributed by atoms with Crippen LogP contribution >= 0.6 is 27.7 Å². The first-order chi connectivity index (χ1) is 12.7. The van der Waals surface area contributed by atoms with Crippen molar-refractivity contribution in [3.05, 3.63) is 28.2 Å². The number of carbonyl (C=O) groups excluding carboxylic acids is 1. The van der Waals surface area contributed by atoms with Gasteiger partial charge in [0.2, 0.25) is 0 Å². The maximum atomic E-state index is 14.0. The number of nitrogens with two attached hydrogens (primary N) is 1. The van der Waals surface area contributed by atoms with Gasteiger partial charge in [-0.2, -0.15) is 0 Å². The van der Waals surface area contributed by atoms with Crippen LogP contribution in [-0.4, -0.2) is 34.6 Å². The SMILES string of the molecule is CC(C)(F)C(=O)NC1CCC2Oc3ccc(Br)cc3C3(CSC(N)=N3)C2C1. The van der Waals surface area contributed by atoms with E-state index in [-0.39, 0.29) is 18.1 Å². The van der Waals surface area contributed by atoms with E-state index < -0.39 is 17.1 Å². The molecule has 0 aromatic heterocycles. The Morgan fingerprint density at radius 1 is 1.48 bits per heavy atom. The first kappa shape index (κ1) is 19.1. The van der Waals surface area contributed by atoms with E-state index in [0.29, 0.717) is 11.6 Å². The van der Waals surface area contributed by atoms with Gasteiger partial charge in [-0.3, -0.25) is 4.79 Å². The molecule has 146 valence electrons. The van der Waals surface area contributed by atoms with Gasteiger partial charge in [0.05, 0.1) is 0 Å². The van der Waals surface area contributed by atoms with Gasteiger partial charge in [0.1, 0.15) is 17.4 Å². The maximum Gasteiger partial charge on any atom is 0.257 e. The summed E-state index contributed by atoms with van der Waals surface area (Å²) in [6, 6.07) is 5.91. The average molecular weight is 456 g/mol. The number of nitrogens with zero attached hydrogens (tertiary/aromatic N) is 1. The van der Waals surface area contributed by atoms with E-state index in [2.05, 4.69) is 27.3 Å². The minimum atomic E-state index is -1.89. The number of benzene rings is 1. The van der Waals surface area contributed by atoms with E-state index in [1.807, 2.05) is 12.1 Å². The normalized spacial score (nSPS) is 32.3. The van der Waals surface area contributed by atoms with Crippen LogP contribution in [0.5, 0.6) is 5.75 Å². The highest BCUT2D eigenvalue weighted by molar-refractivity contribution is 9.10. The van der Waals surface area contributed by atoms with Gasteiger partial charge in [-0.15, -0.1) is 0 Å². The van der Waals surface area contributed by atoms with Crippen molar-refractivity contribution in [2.75, 3.05) is 5.75 Å². The van der Waals surface area contributed by atoms with Crippen molar-refractivity contribution in [1.29, 1.82) is 0 Å². The van der Waals surface area contributed by atoms with E-state index in [9.17, 15) is 9.18 Å². The number of nitrogens with one attached hydrogen (secondary N) is 1. The smallest absolute Gasteiger partial charge is 0.257 e. The summed E-state index contributed by atoms with van der Waals surface area (Å²) in [7, 11) is 0. The van der Waals surface area contributed by atoms with Crippen LogP contribution in [-0.2, 0) is 10.3 Å². The highest BCUT2D eigenvalue weighted by atomic mass is 79.9. The lowest BCUT2D eigenvalue weighted by molar-refractivity contribution is -0.132. The lowest BCUT2D eigenvalue weighted by Crippen LogP contribution is -2.55. The summed E-state index contributed by atoms with van der Waals surface area (Å²) in [5.74, 6) is 1.12. The molecule has 1 amide bonds. The fraction of sp³-hybridized carbons (Fsp3) is 0.579. The third-order valence-corrected chi connectivity index (χ3v) is 7.18. The number of amides is 1. The summed E-state index contributed by atoms with van der Waals surface area (Å²) < 4.78 is 21.2. The molecule has 1 aliphatic carbocycles. The molecule has 1 saturated carbocycles. The Balaban J connectivity index is 1.68. The topological polar surface area (TPSA) is 76.7 Å². The third kappa shape index (κ3) is 3.35. The second-order valence-corrected chi connectivity index (χ2v) is 9.93. The number of alkyl halides is 1. The molecule has 3 N–H and O–H groups in total. The van der Waals surface area contributed by atoms with Gasteiger partial charge in [0, 0.05) is 27.7 Å². The molecular formula is C19H23BrFN3O2S. The van der Waals surface area contributed by atoms with Crippen LogP contribution in [0, 0.1) is 5.92 Å². The molecule has 1 aromatic carbocycles. The molecule has 2 heterocycles. The Labute approximate surface area is 170 Å². The Morgan fingerprint density at radius 2 is 2.26 bits per heavy atom. The monoisotopic (exact) mass is 455 g/mol. The molecule has 5 nitrogen and oxygen atoms in total. The average Bonchev–Trinajstić information content (AvgIpc) is 2.98. The fourth-order valence-corrected chi connectivity index (χ4v) is 5.74. The lowest BCUT2D eigenvalue weighted by Gasteiger charge is -2.48. The summed E-state index contributed by atoms with van der Waals surface area (Å²) in [6.07, 6.45) is 2.26. The first-order valence-corrected chi connectivity index (χ1v) is 10.9. The van der Waals surface area contributed by atoms with Crippen molar-refractivity contribution in [3.63, 3.8) is 0 Å². The molecular weight excluding hydrogens is 433 g/mol. The maximum absolute atomic E-state index is 14.0. The highest BCUT2D eigenvalue weighted by Gasteiger charge is 2.54. The minimum absolute atomic E-state index is 0.0143. The van der Waals surface area contributed by atoms with E-state index in [1.54, 1.807) is 11.8 Å². The zero-order chi connectivity index (χ0) is 19.4. The van der Waals surface area contributed by atoms with E-state index >= 15 is 0 Å². The van der Waals surface area contributed by atoms with Gasteiger partial charge in [-0.1, -0.05) is 27.7 Å². The molecule has 0 bridgehead atoms. The summed E-state index contributed by atoms with van der Waals surface area (Å²) >= 11 is 5.11. The number of halogens is 2. The molecule has 1 spiro atoms. The van der Waals surface area contributed by atoms with Gasteiger partial charge in [0.15, 0.2) is 10.8 Å². The summed E-state index contributed by atoms with van der Waals surface area (Å²) in [5.41, 5.74) is 4.75. The molecule has 0 radical (unpaired) electrons. The van der Waals surface area contributed by atoms with Gasteiger partial charge in [-0.25, -0.2) is 9.38 Å². The van der Waals surface area contributed by atoms with Crippen LogP contribution in [0.25, 0.3) is 0 Å². The number of thioether (sulfide) groups is 1. The second-order valence-electron chi connectivity index (χ2n) is 8.02. The number of hydrogen-bond donors (Lipinski definition) is 2. The molecule has 4 atom stereocenters. The van der Waals surface area contributed by atoms with Crippen LogP contribution in [0.3, 0.4) is 0 Å². The van der Waals surface area contributed by atoms with Crippen molar-refractivity contribution in [2.45, 2.75) is 56.5 Å². The van der Waals surface area contributed by atoms with Crippen LogP contribution in [0.4, 0.5) is 4.39 Å². The van der Waals surface area contributed by atoms with Gasteiger partial charge in [0.25, 0.3) is 5.91 Å². The summed E-state index contributed by atoms with van der Waals surface area (Å²) in [4.78, 5) is 17.0. The van der Waals surface area contributed by atoms with Crippen LogP contribution < -0.4 is 15.8 Å². The molecule has 2 aliphatic heterocycles. The molecule has 0 saturated heterocycles. The quantitative estimate of drug-likeness (QED) is 0.715. The first-order valence-electron chi connectivity index (χ1n) is 9.14. The number of amidine groups is 1. The molecule has 3 aliphatic rings. The van der Waals surface area contributed by atoms with Crippen molar-refractivity contribution in [3.8, 4) is 5.75 Å². The second kappa shape index (κ2) is 6.65. The molecule has 27 heavy (non-hydrogen) atoms. The van der Waals surface area contributed by atoms with E-state index in [0.717, 1.165) is 34.4 Å². The summed E-state index contributed by atoms with van der Waals surface area (Å²) in [6.45, 7) is 2.57. The van der Waals surface area contributed by atoms with Crippen LogP contribution in [0.1, 0.15) is 38.7 Å². The zero-order valence-corrected chi connectivity index (χ0v) is 17.7. The number of aliphatic imine (C=N–C) groups is 1. The fourth-order valence-electron chi connectivity index (χ4n) is 4.35. The van der Waals surface area contributed by atoms with Crippen molar-refractivity contribution < 1.29 is 13.9 Å². The molecule has 4 rings (SSSR count). The Kier molecular flexibility index (Phi) is 4.70. The highest BCUT2D eigenvalue weighted by Crippen LogP contribution is 2.54. The minimum Gasteiger partial charge on any atom is -0.490 e. The largest absolute Gasteiger partial charge is 0.490 e. The van der Waals surface area contributed by atoms with Crippen LogP contribution in [0.15, 0.2) is 27.7 Å².